The number of hydrogen-bond acceptors (Lipinski definition) is 10. The molecule has 14 heteroatoms. The van der Waals surface area contributed by atoms with Crippen LogP contribution in [0.25, 0.3) is 11.3 Å². The van der Waals surface area contributed by atoms with E-state index >= 15 is 0 Å². The summed E-state index contributed by atoms with van der Waals surface area (Å²) in [5, 5.41) is 8.96. The van der Waals surface area contributed by atoms with Gasteiger partial charge in [0.2, 0.25) is 23.6 Å². The minimum Gasteiger partial charge on any atom is -0.494 e. The van der Waals surface area contributed by atoms with Crippen molar-refractivity contribution in [3.8, 4) is 17.0 Å². The maximum atomic E-state index is 13.3. The van der Waals surface area contributed by atoms with Crippen molar-refractivity contribution < 1.29 is 33.5 Å². The first-order chi connectivity index (χ1) is 26.6. The summed E-state index contributed by atoms with van der Waals surface area (Å²) < 4.78 is 5.98. The van der Waals surface area contributed by atoms with E-state index in [2.05, 4.69) is 16.0 Å². The molecule has 0 spiro atoms. The number of carbonyl (C=O) groups is 6. The number of aryl methyl sites for hydroxylation is 2. The van der Waals surface area contributed by atoms with Gasteiger partial charge in [-0.3, -0.25) is 39.0 Å². The van der Waals surface area contributed by atoms with Crippen molar-refractivity contribution in [1.82, 2.24) is 15.2 Å². The first-order valence-corrected chi connectivity index (χ1v) is 19.4. The number of unbranched alkanes of at least 4 members (excludes halogenated alkanes) is 2. The molecule has 0 bridgehead atoms. The van der Waals surface area contributed by atoms with Crippen molar-refractivity contribution in [2.45, 2.75) is 71.3 Å². The normalized spacial score (nSPS) is 16.8. The Hall–Kier alpha value is -5.89. The zero-order valence-electron chi connectivity index (χ0n) is 30.7. The fourth-order valence-corrected chi connectivity index (χ4v) is 8.15. The molecule has 0 aliphatic carbocycles. The number of aromatic nitrogens is 1. The molecule has 1 aromatic heterocycles. The zero-order chi connectivity index (χ0) is 38.6. The van der Waals surface area contributed by atoms with E-state index in [1.54, 1.807) is 18.2 Å². The Bertz CT molecular complexity index is 2200. The van der Waals surface area contributed by atoms with Gasteiger partial charge in [0, 0.05) is 47.7 Å². The van der Waals surface area contributed by atoms with Gasteiger partial charge < -0.3 is 20.3 Å². The fourth-order valence-electron chi connectivity index (χ4n) is 7.30. The molecule has 3 N–H and O–H groups in total. The van der Waals surface area contributed by atoms with Gasteiger partial charge in [-0.1, -0.05) is 24.3 Å². The van der Waals surface area contributed by atoms with Crippen LogP contribution in [0.2, 0.25) is 0 Å². The summed E-state index contributed by atoms with van der Waals surface area (Å²) in [6.45, 7) is 5.77. The van der Waals surface area contributed by atoms with Crippen LogP contribution in [-0.2, 0) is 25.6 Å². The zero-order valence-corrected chi connectivity index (χ0v) is 31.6. The van der Waals surface area contributed by atoms with Crippen LogP contribution in [0.15, 0.2) is 60.7 Å². The second-order valence-electron chi connectivity index (χ2n) is 14.0. The number of carbonyl (C=O) groups excluding carboxylic acids is 6. The number of anilines is 3. The molecule has 3 aromatic carbocycles. The predicted molar refractivity (Wildman–Crippen MR) is 208 cm³/mol. The number of imide groups is 2. The highest BCUT2D eigenvalue weighted by Gasteiger charge is 2.45. The van der Waals surface area contributed by atoms with E-state index in [1.165, 1.54) is 11.3 Å². The summed E-state index contributed by atoms with van der Waals surface area (Å²) in [6, 6.07) is 17.5. The molecule has 3 aliphatic rings. The molecule has 1 atom stereocenters. The Balaban J connectivity index is 0.848. The second-order valence-corrected chi connectivity index (χ2v) is 15.2. The number of nitrogens with one attached hydrogen (secondary N) is 3. The van der Waals surface area contributed by atoms with E-state index in [9.17, 15) is 28.8 Å². The van der Waals surface area contributed by atoms with Crippen molar-refractivity contribution >= 4 is 63.3 Å². The molecule has 3 aliphatic heterocycles. The second kappa shape index (κ2) is 16.2. The van der Waals surface area contributed by atoms with Crippen LogP contribution in [0.4, 0.5) is 16.5 Å². The lowest BCUT2D eigenvalue weighted by atomic mass is 10.0. The van der Waals surface area contributed by atoms with Crippen LogP contribution in [-0.4, -0.2) is 71.1 Å². The highest BCUT2D eigenvalue weighted by Crippen LogP contribution is 2.35. The molecule has 1 unspecified atom stereocenters. The summed E-state index contributed by atoms with van der Waals surface area (Å²) in [5.41, 5.74) is 5.53. The average Bonchev–Trinajstić information content (AvgIpc) is 3.82. The van der Waals surface area contributed by atoms with Gasteiger partial charge >= 0.3 is 0 Å². The SMILES string of the molecule is Cc1cc(-c2nc(NC(=O)Cc3cccc(OCCCCCNc4cccc5c4C(=O)N(C4CCC(=O)NC4=O)C5=O)c3)sc2C)ccc1N1CCCC1=O. The maximum absolute atomic E-state index is 13.3. The largest absolute Gasteiger partial charge is 0.494 e. The molecule has 284 valence electrons. The summed E-state index contributed by atoms with van der Waals surface area (Å²) in [5.74, 6) is -1.47. The van der Waals surface area contributed by atoms with Crippen LogP contribution >= 0.6 is 11.3 Å². The molecule has 6 amide bonds. The van der Waals surface area contributed by atoms with Crippen LogP contribution in [0.3, 0.4) is 0 Å². The lowest BCUT2D eigenvalue weighted by Gasteiger charge is -2.27. The number of piperidine rings is 1. The minimum atomic E-state index is -1.01. The third kappa shape index (κ3) is 8.14. The Labute approximate surface area is 322 Å². The van der Waals surface area contributed by atoms with E-state index in [-0.39, 0.29) is 42.2 Å². The first kappa shape index (κ1) is 37.4. The number of amides is 6. The van der Waals surface area contributed by atoms with E-state index in [0.717, 1.165) is 70.1 Å². The van der Waals surface area contributed by atoms with Gasteiger partial charge in [-0.25, -0.2) is 4.98 Å². The molecule has 7 rings (SSSR count). The molecule has 2 fully saturated rings. The molecule has 2 saturated heterocycles. The Kier molecular flexibility index (Phi) is 11.0. The quantitative estimate of drug-likeness (QED) is 0.106. The molecule has 55 heavy (non-hydrogen) atoms. The average molecular weight is 763 g/mol. The molecular weight excluding hydrogens is 721 g/mol. The number of nitrogens with zero attached hydrogens (tertiary/aromatic N) is 3. The Morgan fingerprint density at radius 1 is 0.964 bits per heavy atom. The van der Waals surface area contributed by atoms with Crippen molar-refractivity contribution in [3.63, 3.8) is 0 Å². The van der Waals surface area contributed by atoms with Gasteiger partial charge in [-0.05, 0) is 93.5 Å². The van der Waals surface area contributed by atoms with Gasteiger partial charge in [0.15, 0.2) is 5.13 Å². The number of benzene rings is 3. The molecule has 0 saturated carbocycles. The topological polar surface area (TPSA) is 167 Å². The standard InChI is InChI=1S/C41H42N6O7S/c1-24-21-27(14-15-31(24)46-19-8-13-35(46)50)37-25(2)55-41(45-37)44-34(49)23-26-9-6-10-28(22-26)54-20-5-3-4-18-42-30-12-7-11-29-36(30)40(53)47(39(29)52)32-16-17-33(48)43-38(32)51/h6-7,9-12,14-15,21-22,32,42H,3-5,8,13,16-20,23H2,1-2H3,(H,43,48,51)(H,44,45,49). The smallest absolute Gasteiger partial charge is 0.264 e. The van der Waals surface area contributed by atoms with Crippen LogP contribution in [0, 0.1) is 13.8 Å². The van der Waals surface area contributed by atoms with Gasteiger partial charge in [0.25, 0.3) is 11.8 Å². The Morgan fingerprint density at radius 2 is 1.80 bits per heavy atom. The first-order valence-electron chi connectivity index (χ1n) is 18.6. The lowest BCUT2D eigenvalue weighted by molar-refractivity contribution is -0.136. The third-order valence-corrected chi connectivity index (χ3v) is 10.9. The number of hydrogen-bond donors (Lipinski definition) is 3. The third-order valence-electron chi connectivity index (χ3n) is 10.0. The minimum absolute atomic E-state index is 0.0681. The number of thiazole rings is 1. The predicted octanol–water partition coefficient (Wildman–Crippen LogP) is 5.80. The van der Waals surface area contributed by atoms with Crippen LogP contribution in [0.5, 0.6) is 5.75 Å². The van der Waals surface area contributed by atoms with E-state index < -0.39 is 29.7 Å². The molecule has 4 heterocycles. The van der Waals surface area contributed by atoms with E-state index in [0.29, 0.717) is 36.1 Å². The van der Waals surface area contributed by atoms with Gasteiger partial charge in [-0.15, -0.1) is 11.3 Å². The molecule has 4 aromatic rings. The summed E-state index contributed by atoms with van der Waals surface area (Å²) in [6.07, 6.45) is 4.21. The van der Waals surface area contributed by atoms with Crippen molar-refractivity contribution in [1.29, 1.82) is 0 Å². The van der Waals surface area contributed by atoms with Crippen molar-refractivity contribution in [3.05, 3.63) is 87.8 Å². The Morgan fingerprint density at radius 3 is 2.58 bits per heavy atom. The molecular formula is C41H42N6O7S. The maximum Gasteiger partial charge on any atom is 0.264 e. The van der Waals surface area contributed by atoms with Crippen molar-refractivity contribution in [2.75, 3.05) is 35.2 Å². The highest BCUT2D eigenvalue weighted by molar-refractivity contribution is 7.16. The monoisotopic (exact) mass is 762 g/mol. The fraction of sp³-hybridized carbons (Fsp3) is 0.341. The summed E-state index contributed by atoms with van der Waals surface area (Å²) in [4.78, 5) is 84.1. The van der Waals surface area contributed by atoms with Gasteiger partial charge in [0.05, 0.1) is 29.8 Å². The van der Waals surface area contributed by atoms with Crippen LogP contribution < -0.4 is 25.6 Å². The summed E-state index contributed by atoms with van der Waals surface area (Å²) in [7, 11) is 0. The number of ether oxygens (including phenoxy) is 1. The van der Waals surface area contributed by atoms with Gasteiger partial charge in [0.1, 0.15) is 11.8 Å². The molecule has 13 nitrogen and oxygen atoms in total. The lowest BCUT2D eigenvalue weighted by Crippen LogP contribution is -2.54. The van der Waals surface area contributed by atoms with Gasteiger partial charge in [-0.2, -0.15) is 0 Å². The highest BCUT2D eigenvalue weighted by atomic mass is 32.1. The number of rotatable bonds is 14. The molecule has 0 radical (unpaired) electrons. The summed E-state index contributed by atoms with van der Waals surface area (Å²) >= 11 is 1.43. The van der Waals surface area contributed by atoms with Crippen LogP contribution in [0.1, 0.15) is 81.7 Å². The number of fused-ring (bicyclic) bond motifs is 1. The van der Waals surface area contributed by atoms with E-state index in [1.807, 2.05) is 61.2 Å². The van der Waals surface area contributed by atoms with Crippen molar-refractivity contribution in [2.24, 2.45) is 0 Å². The van der Waals surface area contributed by atoms with E-state index in [4.69, 9.17) is 9.72 Å².